The van der Waals surface area contributed by atoms with Crippen molar-refractivity contribution in [2.45, 2.75) is 6.04 Å². The van der Waals surface area contributed by atoms with Gasteiger partial charge in [-0.1, -0.05) is 6.07 Å². The quantitative estimate of drug-likeness (QED) is 0.783. The van der Waals surface area contributed by atoms with Crippen LogP contribution in [0.3, 0.4) is 0 Å². The van der Waals surface area contributed by atoms with Gasteiger partial charge in [0.25, 0.3) is 5.91 Å². The second-order valence-corrected chi connectivity index (χ2v) is 5.87. The first kappa shape index (κ1) is 20.2. The van der Waals surface area contributed by atoms with Crippen LogP contribution in [0.5, 0.6) is 5.75 Å². The van der Waals surface area contributed by atoms with E-state index in [-0.39, 0.29) is 24.4 Å². The molecule has 26 heavy (non-hydrogen) atoms. The fourth-order valence-electron chi connectivity index (χ4n) is 2.92. The molecule has 1 aliphatic rings. The van der Waals surface area contributed by atoms with Gasteiger partial charge in [0.2, 0.25) is 0 Å². The molecule has 6 nitrogen and oxygen atoms in total. The van der Waals surface area contributed by atoms with Gasteiger partial charge in [0.1, 0.15) is 12.4 Å². The van der Waals surface area contributed by atoms with Gasteiger partial charge in [-0.15, -0.1) is 12.4 Å². The number of amides is 1. The smallest absolute Gasteiger partial charge is 0.254 e. The van der Waals surface area contributed by atoms with Gasteiger partial charge in [-0.2, -0.15) is 0 Å². The summed E-state index contributed by atoms with van der Waals surface area (Å²) < 4.78 is 10.5. The molecule has 2 aromatic rings. The molecule has 1 fully saturated rings. The van der Waals surface area contributed by atoms with Crippen LogP contribution in [0.2, 0.25) is 0 Å². The van der Waals surface area contributed by atoms with E-state index in [2.05, 4.69) is 10.3 Å². The Morgan fingerprint density at radius 3 is 2.77 bits per heavy atom. The van der Waals surface area contributed by atoms with Crippen molar-refractivity contribution in [3.63, 3.8) is 0 Å². The minimum Gasteiger partial charge on any atom is -0.491 e. The highest BCUT2D eigenvalue weighted by atomic mass is 35.5. The average Bonchev–Trinajstić information content (AvgIpc) is 2.69. The van der Waals surface area contributed by atoms with Crippen LogP contribution in [0.4, 0.5) is 0 Å². The maximum absolute atomic E-state index is 13.0. The van der Waals surface area contributed by atoms with Crippen molar-refractivity contribution < 1.29 is 14.3 Å². The first-order valence-corrected chi connectivity index (χ1v) is 8.43. The number of piperazine rings is 1. The van der Waals surface area contributed by atoms with E-state index in [0.717, 1.165) is 24.4 Å². The second kappa shape index (κ2) is 10.1. The Bertz CT molecular complexity index is 682. The number of nitrogens with one attached hydrogen (secondary N) is 1. The summed E-state index contributed by atoms with van der Waals surface area (Å²) in [5.41, 5.74) is 1.71. The Morgan fingerprint density at radius 2 is 2.08 bits per heavy atom. The van der Waals surface area contributed by atoms with Crippen LogP contribution in [0.25, 0.3) is 0 Å². The number of pyridine rings is 1. The maximum atomic E-state index is 13.0. The molecule has 3 rings (SSSR count). The summed E-state index contributed by atoms with van der Waals surface area (Å²) >= 11 is 0. The number of benzene rings is 1. The Hall–Kier alpha value is -2.15. The summed E-state index contributed by atoms with van der Waals surface area (Å²) in [6.45, 7) is 3.22. The molecular formula is C19H24ClN3O3. The standard InChI is InChI=1S/C19H23N3O3.ClH/c1-24-11-12-25-17-6-4-15(5-7-17)19(23)22-10-9-21-14-18(22)16-3-2-8-20-13-16;/h2-8,13,18,21H,9-12,14H2,1H3;1H. The van der Waals surface area contributed by atoms with Crippen LogP contribution in [-0.2, 0) is 4.74 Å². The van der Waals surface area contributed by atoms with Crippen LogP contribution in [0.1, 0.15) is 22.0 Å². The molecule has 2 heterocycles. The van der Waals surface area contributed by atoms with Crippen molar-refractivity contribution in [2.24, 2.45) is 0 Å². The highest BCUT2D eigenvalue weighted by molar-refractivity contribution is 5.94. The Balaban J connectivity index is 0.00000243. The van der Waals surface area contributed by atoms with Crippen molar-refractivity contribution in [1.82, 2.24) is 15.2 Å². The van der Waals surface area contributed by atoms with Gasteiger partial charge in [-0.3, -0.25) is 9.78 Å². The fourth-order valence-corrected chi connectivity index (χ4v) is 2.92. The van der Waals surface area contributed by atoms with E-state index < -0.39 is 0 Å². The van der Waals surface area contributed by atoms with Crippen LogP contribution >= 0.6 is 12.4 Å². The molecule has 0 bridgehead atoms. The first-order valence-electron chi connectivity index (χ1n) is 8.43. The average molecular weight is 378 g/mol. The summed E-state index contributed by atoms with van der Waals surface area (Å²) in [6.07, 6.45) is 3.57. The molecule has 1 aromatic heterocycles. The highest BCUT2D eigenvalue weighted by Gasteiger charge is 2.28. The number of carbonyl (C=O) groups is 1. The maximum Gasteiger partial charge on any atom is 0.254 e. The zero-order valence-corrected chi connectivity index (χ0v) is 15.6. The molecule has 1 atom stereocenters. The number of hydrogen-bond donors (Lipinski definition) is 1. The molecule has 1 N–H and O–H groups in total. The lowest BCUT2D eigenvalue weighted by atomic mass is 10.0. The van der Waals surface area contributed by atoms with Crippen molar-refractivity contribution >= 4 is 18.3 Å². The van der Waals surface area contributed by atoms with Gasteiger partial charge in [0.05, 0.1) is 12.6 Å². The van der Waals surface area contributed by atoms with E-state index in [1.165, 1.54) is 0 Å². The van der Waals surface area contributed by atoms with E-state index in [1.807, 2.05) is 47.5 Å². The lowest BCUT2D eigenvalue weighted by molar-refractivity contribution is 0.0634. The van der Waals surface area contributed by atoms with Crippen LogP contribution in [0.15, 0.2) is 48.8 Å². The van der Waals surface area contributed by atoms with Gasteiger partial charge in [-0.05, 0) is 35.9 Å². The SMILES string of the molecule is COCCOc1ccc(C(=O)N2CCNCC2c2cccnc2)cc1.Cl. The number of methoxy groups -OCH3 is 1. The number of aromatic nitrogens is 1. The molecule has 1 saturated heterocycles. The normalized spacial score (nSPS) is 16.7. The van der Waals surface area contributed by atoms with Crippen molar-refractivity contribution in [1.29, 1.82) is 0 Å². The number of nitrogens with zero attached hydrogens (tertiary/aromatic N) is 2. The van der Waals surface area contributed by atoms with E-state index in [9.17, 15) is 4.79 Å². The fraction of sp³-hybridized carbons (Fsp3) is 0.368. The van der Waals surface area contributed by atoms with Crippen molar-refractivity contribution in [3.05, 3.63) is 59.9 Å². The van der Waals surface area contributed by atoms with Crippen LogP contribution < -0.4 is 10.1 Å². The second-order valence-electron chi connectivity index (χ2n) is 5.87. The summed E-state index contributed by atoms with van der Waals surface area (Å²) in [5, 5.41) is 3.35. The van der Waals surface area contributed by atoms with Crippen LogP contribution in [-0.4, -0.2) is 55.7 Å². The van der Waals surface area contributed by atoms with Gasteiger partial charge < -0.3 is 19.7 Å². The predicted octanol–water partition coefficient (Wildman–Crippen LogP) is 2.32. The number of hydrogen-bond acceptors (Lipinski definition) is 5. The number of halogens is 1. The minimum absolute atomic E-state index is 0. The molecule has 1 aliphatic heterocycles. The number of rotatable bonds is 6. The lowest BCUT2D eigenvalue weighted by Crippen LogP contribution is -2.48. The molecule has 140 valence electrons. The molecule has 0 aliphatic carbocycles. The highest BCUT2D eigenvalue weighted by Crippen LogP contribution is 2.24. The predicted molar refractivity (Wildman–Crippen MR) is 102 cm³/mol. The molecule has 0 radical (unpaired) electrons. The topological polar surface area (TPSA) is 63.7 Å². The summed E-state index contributed by atoms with van der Waals surface area (Å²) in [5.74, 6) is 0.761. The number of ether oxygens (including phenoxy) is 2. The zero-order chi connectivity index (χ0) is 17.5. The van der Waals surface area contributed by atoms with Crippen molar-refractivity contribution in [2.75, 3.05) is 40.0 Å². The lowest BCUT2D eigenvalue weighted by Gasteiger charge is -2.36. The Kier molecular flexibility index (Phi) is 7.84. The molecule has 0 spiro atoms. The Labute approximate surface area is 159 Å². The van der Waals surface area contributed by atoms with Gasteiger partial charge in [0, 0.05) is 44.7 Å². The van der Waals surface area contributed by atoms with Gasteiger partial charge in [-0.25, -0.2) is 0 Å². The van der Waals surface area contributed by atoms with Gasteiger partial charge >= 0.3 is 0 Å². The molecule has 7 heteroatoms. The third kappa shape index (κ3) is 4.94. The summed E-state index contributed by atoms with van der Waals surface area (Å²) in [4.78, 5) is 19.1. The molecule has 1 unspecified atom stereocenters. The summed E-state index contributed by atoms with van der Waals surface area (Å²) in [6, 6.07) is 11.2. The Morgan fingerprint density at radius 1 is 1.27 bits per heavy atom. The van der Waals surface area contributed by atoms with Crippen LogP contribution in [0, 0.1) is 0 Å². The largest absolute Gasteiger partial charge is 0.491 e. The third-order valence-electron chi connectivity index (χ3n) is 4.23. The minimum atomic E-state index is -0.00687. The van der Waals surface area contributed by atoms with Gasteiger partial charge in [0.15, 0.2) is 0 Å². The van der Waals surface area contributed by atoms with E-state index in [4.69, 9.17) is 9.47 Å². The van der Waals surface area contributed by atoms with E-state index in [0.29, 0.717) is 25.3 Å². The van der Waals surface area contributed by atoms with Crippen molar-refractivity contribution in [3.8, 4) is 5.75 Å². The first-order chi connectivity index (χ1) is 12.3. The number of carbonyl (C=O) groups excluding carboxylic acids is 1. The monoisotopic (exact) mass is 377 g/mol. The summed E-state index contributed by atoms with van der Waals surface area (Å²) in [7, 11) is 1.64. The molecule has 1 aromatic carbocycles. The molecule has 0 saturated carbocycles. The molecular weight excluding hydrogens is 354 g/mol. The third-order valence-corrected chi connectivity index (χ3v) is 4.23. The van der Waals surface area contributed by atoms with E-state index in [1.54, 1.807) is 13.3 Å². The van der Waals surface area contributed by atoms with E-state index >= 15 is 0 Å². The zero-order valence-electron chi connectivity index (χ0n) is 14.8. The molecule has 1 amide bonds.